The molecule has 1 aromatic carbocycles. The Labute approximate surface area is 145 Å². The first kappa shape index (κ1) is 15.0. The van der Waals surface area contributed by atoms with Crippen LogP contribution in [-0.4, -0.2) is 16.0 Å². The van der Waals surface area contributed by atoms with Gasteiger partial charge in [-0.1, -0.05) is 29.8 Å². The van der Waals surface area contributed by atoms with Crippen molar-refractivity contribution in [1.82, 2.24) is 9.47 Å². The Bertz CT molecular complexity index is 778. The van der Waals surface area contributed by atoms with Gasteiger partial charge < -0.3 is 4.57 Å². The largest absolute Gasteiger partial charge is 0.350 e. The van der Waals surface area contributed by atoms with Gasteiger partial charge in [-0.05, 0) is 47.7 Å². The maximum Gasteiger partial charge on any atom is 0.0759 e. The molecule has 1 aliphatic heterocycles. The molecule has 23 heavy (non-hydrogen) atoms. The Morgan fingerprint density at radius 2 is 2.04 bits per heavy atom. The van der Waals surface area contributed by atoms with Crippen LogP contribution in [0.15, 0.2) is 60.1 Å². The van der Waals surface area contributed by atoms with Crippen molar-refractivity contribution >= 4 is 22.9 Å². The van der Waals surface area contributed by atoms with Gasteiger partial charge in [0.25, 0.3) is 0 Å². The number of rotatable bonds is 3. The van der Waals surface area contributed by atoms with E-state index in [0.717, 1.165) is 24.7 Å². The molecule has 0 fully saturated rings. The van der Waals surface area contributed by atoms with Crippen LogP contribution in [0.5, 0.6) is 0 Å². The van der Waals surface area contributed by atoms with Crippen LogP contribution in [0.1, 0.15) is 28.6 Å². The highest BCUT2D eigenvalue weighted by Crippen LogP contribution is 2.34. The summed E-state index contributed by atoms with van der Waals surface area (Å²) in [4.78, 5) is 3.99. The lowest BCUT2D eigenvalue weighted by molar-refractivity contribution is 0.222. The summed E-state index contributed by atoms with van der Waals surface area (Å²) in [5, 5.41) is 2.96. The Balaban J connectivity index is 1.77. The van der Waals surface area contributed by atoms with Gasteiger partial charge >= 0.3 is 0 Å². The predicted octanol–water partition coefficient (Wildman–Crippen LogP) is 5.20. The zero-order valence-corrected chi connectivity index (χ0v) is 14.4. The van der Waals surface area contributed by atoms with Crippen LogP contribution in [0.2, 0.25) is 5.02 Å². The number of nitrogens with zero attached hydrogens (tertiary/aromatic N) is 2. The van der Waals surface area contributed by atoms with E-state index in [1.54, 1.807) is 0 Å². The third kappa shape index (κ3) is 3.09. The SMILES string of the molecule is Clc1cccc(C2c3cccn3CCCN2Cc2cccs2)c1. The van der Waals surface area contributed by atoms with Crippen molar-refractivity contribution in [2.24, 2.45) is 0 Å². The monoisotopic (exact) mass is 342 g/mol. The summed E-state index contributed by atoms with van der Waals surface area (Å²) >= 11 is 8.11. The van der Waals surface area contributed by atoms with E-state index in [1.165, 1.54) is 22.6 Å². The fourth-order valence-electron chi connectivity index (χ4n) is 3.47. The van der Waals surface area contributed by atoms with E-state index in [4.69, 9.17) is 11.6 Å². The van der Waals surface area contributed by atoms with Crippen molar-refractivity contribution in [2.45, 2.75) is 25.6 Å². The quantitative estimate of drug-likeness (QED) is 0.635. The zero-order valence-electron chi connectivity index (χ0n) is 12.9. The first-order valence-corrected chi connectivity index (χ1v) is 9.24. The van der Waals surface area contributed by atoms with Gasteiger partial charge in [-0.15, -0.1) is 11.3 Å². The average Bonchev–Trinajstić information content (AvgIpc) is 3.17. The number of benzene rings is 1. The van der Waals surface area contributed by atoms with E-state index in [0.29, 0.717) is 0 Å². The standard InChI is InChI=1S/C19H19ClN2S/c20-16-6-1-5-15(13-16)19-18-8-2-9-21(18)10-4-11-22(19)14-17-7-3-12-23-17/h1-3,5-9,12-13,19H,4,10-11,14H2. The summed E-state index contributed by atoms with van der Waals surface area (Å²) in [6, 6.07) is 17.3. The van der Waals surface area contributed by atoms with Crippen LogP contribution in [0, 0.1) is 0 Å². The number of fused-ring (bicyclic) bond motifs is 1. The summed E-state index contributed by atoms with van der Waals surface area (Å²) in [6.45, 7) is 3.16. The van der Waals surface area contributed by atoms with Gasteiger partial charge in [-0.25, -0.2) is 0 Å². The smallest absolute Gasteiger partial charge is 0.0759 e. The molecule has 0 aliphatic carbocycles. The summed E-state index contributed by atoms with van der Waals surface area (Å²) in [7, 11) is 0. The first-order valence-electron chi connectivity index (χ1n) is 7.98. The Morgan fingerprint density at radius 1 is 1.09 bits per heavy atom. The van der Waals surface area contributed by atoms with Crippen molar-refractivity contribution in [3.05, 3.63) is 81.3 Å². The second kappa shape index (κ2) is 6.52. The van der Waals surface area contributed by atoms with Gasteiger partial charge in [0.15, 0.2) is 0 Å². The minimum atomic E-state index is 0.258. The molecule has 1 atom stereocenters. The second-order valence-electron chi connectivity index (χ2n) is 5.99. The molecular weight excluding hydrogens is 324 g/mol. The maximum absolute atomic E-state index is 6.27. The molecule has 1 aliphatic rings. The van der Waals surface area contributed by atoms with E-state index >= 15 is 0 Å². The van der Waals surface area contributed by atoms with Crippen molar-refractivity contribution in [1.29, 1.82) is 0 Å². The molecule has 4 rings (SSSR count). The summed E-state index contributed by atoms with van der Waals surface area (Å²) in [6.07, 6.45) is 3.37. The normalized spacial score (nSPS) is 18.6. The fraction of sp³-hybridized carbons (Fsp3) is 0.263. The molecule has 2 nitrogen and oxygen atoms in total. The highest BCUT2D eigenvalue weighted by atomic mass is 35.5. The second-order valence-corrected chi connectivity index (χ2v) is 7.46. The lowest BCUT2D eigenvalue weighted by atomic mass is 10.0. The molecule has 0 amide bonds. The van der Waals surface area contributed by atoms with E-state index < -0.39 is 0 Å². The van der Waals surface area contributed by atoms with Crippen LogP contribution in [0.3, 0.4) is 0 Å². The van der Waals surface area contributed by atoms with Crippen molar-refractivity contribution < 1.29 is 0 Å². The van der Waals surface area contributed by atoms with E-state index in [-0.39, 0.29) is 6.04 Å². The number of halogens is 1. The van der Waals surface area contributed by atoms with Crippen LogP contribution >= 0.6 is 22.9 Å². The zero-order chi connectivity index (χ0) is 15.6. The predicted molar refractivity (Wildman–Crippen MR) is 97.1 cm³/mol. The summed E-state index contributed by atoms with van der Waals surface area (Å²) in [5.74, 6) is 0. The molecule has 0 saturated carbocycles. The molecule has 0 radical (unpaired) electrons. The number of hydrogen-bond acceptors (Lipinski definition) is 2. The van der Waals surface area contributed by atoms with E-state index in [9.17, 15) is 0 Å². The van der Waals surface area contributed by atoms with Gasteiger partial charge in [0, 0.05) is 41.4 Å². The fourth-order valence-corrected chi connectivity index (χ4v) is 4.40. The van der Waals surface area contributed by atoms with Crippen molar-refractivity contribution in [3.8, 4) is 0 Å². The van der Waals surface area contributed by atoms with Crippen LogP contribution in [-0.2, 0) is 13.1 Å². The van der Waals surface area contributed by atoms with Gasteiger partial charge in [0.2, 0.25) is 0 Å². The van der Waals surface area contributed by atoms with Gasteiger partial charge in [0.05, 0.1) is 6.04 Å². The van der Waals surface area contributed by atoms with Crippen LogP contribution < -0.4 is 0 Å². The van der Waals surface area contributed by atoms with Gasteiger partial charge in [-0.2, -0.15) is 0 Å². The molecule has 2 aromatic heterocycles. The van der Waals surface area contributed by atoms with Gasteiger partial charge in [-0.3, -0.25) is 4.90 Å². The lowest BCUT2D eigenvalue weighted by Crippen LogP contribution is -2.29. The maximum atomic E-state index is 6.27. The minimum absolute atomic E-state index is 0.258. The van der Waals surface area contributed by atoms with E-state index in [2.05, 4.69) is 63.5 Å². The molecule has 3 aromatic rings. The Hall–Kier alpha value is -1.55. The third-order valence-electron chi connectivity index (χ3n) is 4.46. The lowest BCUT2D eigenvalue weighted by Gasteiger charge is -2.30. The minimum Gasteiger partial charge on any atom is -0.350 e. The topological polar surface area (TPSA) is 8.17 Å². The average molecular weight is 343 g/mol. The molecular formula is C19H19ClN2S. The number of thiophene rings is 1. The molecule has 0 saturated heterocycles. The Kier molecular flexibility index (Phi) is 4.25. The first-order chi connectivity index (χ1) is 11.3. The van der Waals surface area contributed by atoms with Crippen LogP contribution in [0.25, 0.3) is 0 Å². The molecule has 1 unspecified atom stereocenters. The summed E-state index contributed by atoms with van der Waals surface area (Å²) < 4.78 is 2.39. The molecule has 4 heteroatoms. The van der Waals surface area contributed by atoms with E-state index in [1.807, 2.05) is 17.4 Å². The highest BCUT2D eigenvalue weighted by Gasteiger charge is 2.27. The van der Waals surface area contributed by atoms with Gasteiger partial charge in [0.1, 0.15) is 0 Å². The number of aromatic nitrogens is 1. The summed E-state index contributed by atoms with van der Waals surface area (Å²) in [5.41, 5.74) is 2.64. The Morgan fingerprint density at radius 3 is 2.87 bits per heavy atom. The molecule has 0 spiro atoms. The third-order valence-corrected chi connectivity index (χ3v) is 5.55. The number of hydrogen-bond donors (Lipinski definition) is 0. The molecule has 3 heterocycles. The molecule has 118 valence electrons. The van der Waals surface area contributed by atoms with Crippen molar-refractivity contribution in [2.75, 3.05) is 6.54 Å². The molecule has 0 N–H and O–H groups in total. The number of aryl methyl sites for hydroxylation is 1. The highest BCUT2D eigenvalue weighted by molar-refractivity contribution is 7.09. The van der Waals surface area contributed by atoms with Crippen LogP contribution in [0.4, 0.5) is 0 Å². The molecule has 0 bridgehead atoms. The van der Waals surface area contributed by atoms with Crippen molar-refractivity contribution in [3.63, 3.8) is 0 Å².